The Labute approximate surface area is 84.5 Å². The van der Waals surface area contributed by atoms with Gasteiger partial charge < -0.3 is 15.6 Å². The molecule has 0 fully saturated rings. The third-order valence-electron chi connectivity index (χ3n) is 2.16. The van der Waals surface area contributed by atoms with Gasteiger partial charge in [-0.2, -0.15) is 0 Å². The lowest BCUT2D eigenvalue weighted by atomic mass is 10.0. The van der Waals surface area contributed by atoms with Gasteiger partial charge in [-0.15, -0.1) is 0 Å². The van der Waals surface area contributed by atoms with Crippen LogP contribution in [-0.4, -0.2) is 24.9 Å². The fraction of sp³-hybridized carbons (Fsp3) is 0.455. The molecule has 0 bridgehead atoms. The predicted octanol–water partition coefficient (Wildman–Crippen LogP) is 1.12. The maximum Gasteiger partial charge on any atom is 0.119 e. The second-order valence-electron chi connectivity index (χ2n) is 3.28. The van der Waals surface area contributed by atoms with Crippen molar-refractivity contribution in [3.8, 4) is 5.75 Å². The van der Waals surface area contributed by atoms with Crippen molar-refractivity contribution in [1.82, 2.24) is 0 Å². The molecule has 14 heavy (non-hydrogen) atoms. The molecule has 3 nitrogen and oxygen atoms in total. The first kappa shape index (κ1) is 11.0. The van der Waals surface area contributed by atoms with Crippen molar-refractivity contribution in [1.29, 1.82) is 0 Å². The highest BCUT2D eigenvalue weighted by Gasteiger charge is 2.02. The summed E-state index contributed by atoms with van der Waals surface area (Å²) in [5.41, 5.74) is 6.77. The molecule has 0 aliphatic carbocycles. The van der Waals surface area contributed by atoms with Crippen molar-refractivity contribution >= 4 is 0 Å². The Bertz CT molecular complexity index is 258. The lowest BCUT2D eigenvalue weighted by Crippen LogP contribution is -2.08. The quantitative estimate of drug-likeness (QED) is 0.740. The number of aliphatic hydroxyl groups excluding tert-OH is 1. The molecule has 0 aromatic heterocycles. The third-order valence-corrected chi connectivity index (χ3v) is 2.16. The Balaban J connectivity index is 2.59. The van der Waals surface area contributed by atoms with Crippen LogP contribution in [-0.2, 0) is 0 Å². The fourth-order valence-corrected chi connectivity index (χ4v) is 1.19. The lowest BCUT2D eigenvalue weighted by Gasteiger charge is -2.10. The van der Waals surface area contributed by atoms with Crippen molar-refractivity contribution in [2.75, 3.05) is 19.8 Å². The van der Waals surface area contributed by atoms with E-state index in [0.717, 1.165) is 5.75 Å². The van der Waals surface area contributed by atoms with Crippen molar-refractivity contribution in [2.24, 2.45) is 5.73 Å². The number of rotatable bonds is 5. The molecule has 0 heterocycles. The molecule has 3 heteroatoms. The lowest BCUT2D eigenvalue weighted by molar-refractivity contribution is 0.201. The number of aliphatic hydroxyl groups is 1. The smallest absolute Gasteiger partial charge is 0.119 e. The zero-order valence-electron chi connectivity index (χ0n) is 8.44. The summed E-state index contributed by atoms with van der Waals surface area (Å²) in [4.78, 5) is 0. The van der Waals surface area contributed by atoms with Crippen molar-refractivity contribution < 1.29 is 9.84 Å². The largest absolute Gasteiger partial charge is 0.491 e. The zero-order chi connectivity index (χ0) is 10.4. The topological polar surface area (TPSA) is 55.5 Å². The zero-order valence-corrected chi connectivity index (χ0v) is 8.44. The molecule has 1 aromatic carbocycles. The first-order valence-corrected chi connectivity index (χ1v) is 4.81. The van der Waals surface area contributed by atoms with Crippen LogP contribution in [0.1, 0.15) is 18.4 Å². The molecule has 0 saturated heterocycles. The van der Waals surface area contributed by atoms with Gasteiger partial charge in [0.15, 0.2) is 0 Å². The molecule has 0 aliphatic rings. The van der Waals surface area contributed by atoms with Gasteiger partial charge in [-0.05, 0) is 30.2 Å². The van der Waals surface area contributed by atoms with E-state index in [1.165, 1.54) is 5.56 Å². The van der Waals surface area contributed by atoms with E-state index in [2.05, 4.69) is 6.92 Å². The molecule has 0 saturated carbocycles. The number of nitrogens with two attached hydrogens (primary N) is 1. The van der Waals surface area contributed by atoms with Gasteiger partial charge in [0.1, 0.15) is 12.4 Å². The van der Waals surface area contributed by atoms with Crippen molar-refractivity contribution in [3.63, 3.8) is 0 Å². The Morgan fingerprint density at radius 3 is 2.50 bits per heavy atom. The highest BCUT2D eigenvalue weighted by atomic mass is 16.5. The standard InChI is InChI=1S/C11H17NO2/c1-9(8-12)10-2-4-11(5-3-10)14-7-6-13/h2-5,9,13H,6-8,12H2,1H3. The maximum atomic E-state index is 8.57. The molecule has 1 atom stereocenters. The van der Waals surface area contributed by atoms with Crippen LogP contribution >= 0.6 is 0 Å². The van der Waals surface area contributed by atoms with E-state index in [1.54, 1.807) is 0 Å². The van der Waals surface area contributed by atoms with Crippen molar-refractivity contribution in [2.45, 2.75) is 12.8 Å². The van der Waals surface area contributed by atoms with Crippen molar-refractivity contribution in [3.05, 3.63) is 29.8 Å². The van der Waals surface area contributed by atoms with E-state index < -0.39 is 0 Å². The van der Waals surface area contributed by atoms with Gasteiger partial charge in [-0.1, -0.05) is 19.1 Å². The van der Waals surface area contributed by atoms with Crippen LogP contribution in [0.25, 0.3) is 0 Å². The Morgan fingerprint density at radius 2 is 2.00 bits per heavy atom. The summed E-state index contributed by atoms with van der Waals surface area (Å²) in [6, 6.07) is 7.81. The normalized spacial score (nSPS) is 12.5. The molecule has 1 unspecified atom stereocenters. The SMILES string of the molecule is CC(CN)c1ccc(OCCO)cc1. The third kappa shape index (κ3) is 3.01. The number of hydrogen-bond donors (Lipinski definition) is 2. The van der Waals surface area contributed by atoms with Gasteiger partial charge in [0.05, 0.1) is 6.61 Å². The Hall–Kier alpha value is -1.06. The average molecular weight is 195 g/mol. The van der Waals surface area contributed by atoms with E-state index in [1.807, 2.05) is 24.3 Å². The van der Waals surface area contributed by atoms with Gasteiger partial charge in [-0.3, -0.25) is 0 Å². The van der Waals surface area contributed by atoms with Crippen LogP contribution in [0.15, 0.2) is 24.3 Å². The molecule has 0 spiro atoms. The molecule has 1 aromatic rings. The summed E-state index contributed by atoms with van der Waals surface area (Å²) < 4.78 is 5.24. The molecular formula is C11H17NO2. The van der Waals surface area contributed by atoms with Crippen LogP contribution < -0.4 is 10.5 Å². The summed E-state index contributed by atoms with van der Waals surface area (Å²) in [7, 11) is 0. The molecule has 0 radical (unpaired) electrons. The fourth-order valence-electron chi connectivity index (χ4n) is 1.19. The predicted molar refractivity (Wildman–Crippen MR) is 56.5 cm³/mol. The molecule has 0 aliphatic heterocycles. The molecule has 0 amide bonds. The molecule has 78 valence electrons. The number of ether oxygens (including phenoxy) is 1. The van der Waals surface area contributed by atoms with Gasteiger partial charge in [0.2, 0.25) is 0 Å². The van der Waals surface area contributed by atoms with Gasteiger partial charge >= 0.3 is 0 Å². The second-order valence-corrected chi connectivity index (χ2v) is 3.28. The first-order valence-electron chi connectivity index (χ1n) is 4.81. The van der Waals surface area contributed by atoms with E-state index in [-0.39, 0.29) is 6.61 Å². The van der Waals surface area contributed by atoms with E-state index >= 15 is 0 Å². The van der Waals surface area contributed by atoms with Crippen LogP contribution in [0.5, 0.6) is 5.75 Å². The molecule has 1 rings (SSSR count). The second kappa shape index (κ2) is 5.62. The molecule has 3 N–H and O–H groups in total. The highest BCUT2D eigenvalue weighted by molar-refractivity contribution is 5.29. The van der Waals surface area contributed by atoms with Crippen LogP contribution in [0.2, 0.25) is 0 Å². The summed E-state index contributed by atoms with van der Waals surface area (Å²) >= 11 is 0. The van der Waals surface area contributed by atoms with Gasteiger partial charge in [-0.25, -0.2) is 0 Å². The van der Waals surface area contributed by atoms with Gasteiger partial charge in [0, 0.05) is 0 Å². The summed E-state index contributed by atoms with van der Waals surface area (Å²) in [5.74, 6) is 1.16. The van der Waals surface area contributed by atoms with Crippen LogP contribution in [0, 0.1) is 0 Å². The van der Waals surface area contributed by atoms with E-state index in [0.29, 0.717) is 19.1 Å². The minimum atomic E-state index is 0.0426. The van der Waals surface area contributed by atoms with E-state index in [4.69, 9.17) is 15.6 Å². The maximum absolute atomic E-state index is 8.57. The minimum absolute atomic E-state index is 0.0426. The monoisotopic (exact) mass is 195 g/mol. The minimum Gasteiger partial charge on any atom is -0.491 e. The van der Waals surface area contributed by atoms with E-state index in [9.17, 15) is 0 Å². The summed E-state index contributed by atoms with van der Waals surface area (Å²) in [6.07, 6.45) is 0. The Morgan fingerprint density at radius 1 is 1.36 bits per heavy atom. The summed E-state index contributed by atoms with van der Waals surface area (Å²) in [6.45, 7) is 3.12. The Kier molecular flexibility index (Phi) is 4.43. The van der Waals surface area contributed by atoms with Crippen LogP contribution in [0.3, 0.4) is 0 Å². The highest BCUT2D eigenvalue weighted by Crippen LogP contribution is 2.18. The average Bonchev–Trinajstić information content (AvgIpc) is 2.26. The number of hydrogen-bond acceptors (Lipinski definition) is 3. The first-order chi connectivity index (χ1) is 6.77. The van der Waals surface area contributed by atoms with Gasteiger partial charge in [0.25, 0.3) is 0 Å². The summed E-state index contributed by atoms with van der Waals surface area (Å²) in [5, 5.41) is 8.57. The molecular weight excluding hydrogens is 178 g/mol. The number of benzene rings is 1. The van der Waals surface area contributed by atoms with Crippen LogP contribution in [0.4, 0.5) is 0 Å².